The second-order valence-corrected chi connectivity index (χ2v) is 6.29. The maximum absolute atomic E-state index is 11.8. The minimum atomic E-state index is -0.230. The summed E-state index contributed by atoms with van der Waals surface area (Å²) in [6.45, 7) is 1.89. The average Bonchev–Trinajstić information content (AvgIpc) is 2.98. The molecule has 0 fully saturated rings. The summed E-state index contributed by atoms with van der Waals surface area (Å²) in [6.07, 6.45) is 0. The number of anilines is 1. The number of carbonyl (C=O) groups is 1. The van der Waals surface area contributed by atoms with E-state index in [2.05, 4.69) is 10.3 Å². The molecule has 0 spiro atoms. The van der Waals surface area contributed by atoms with Gasteiger partial charge in [0.05, 0.1) is 5.75 Å². The largest absolute Gasteiger partial charge is 0.436 e. The first-order valence-electron chi connectivity index (χ1n) is 7.04. The molecule has 0 radical (unpaired) electrons. The molecule has 120 valence electrons. The summed E-state index contributed by atoms with van der Waals surface area (Å²) in [5.74, 6) is 0.307. The van der Waals surface area contributed by atoms with Crippen molar-refractivity contribution in [1.82, 2.24) is 4.98 Å². The predicted molar refractivity (Wildman–Crippen MR) is 95.9 cm³/mol. The minimum Gasteiger partial charge on any atom is -0.436 e. The highest BCUT2D eigenvalue weighted by molar-refractivity contribution is 8.04. The molecule has 1 aromatic heterocycles. The molecule has 7 heteroatoms. The molecule has 1 amide bonds. The van der Waals surface area contributed by atoms with Crippen LogP contribution in [0.2, 0.25) is 5.02 Å². The molecule has 3 rings (SSSR count). The van der Waals surface area contributed by atoms with Gasteiger partial charge in [0.25, 0.3) is 0 Å². The monoisotopic (exact) mass is 357 g/mol. The third-order valence-electron chi connectivity index (χ3n) is 3.38. The van der Waals surface area contributed by atoms with Crippen molar-refractivity contribution in [3.05, 3.63) is 47.0 Å². The number of aryl methyl sites for hydroxylation is 1. The van der Waals surface area contributed by atoms with Gasteiger partial charge in [0.15, 0.2) is 5.58 Å². The van der Waals surface area contributed by atoms with Gasteiger partial charge in [0, 0.05) is 16.3 Å². The number of nitriles is 1. The molecule has 0 bridgehead atoms. The van der Waals surface area contributed by atoms with E-state index in [0.29, 0.717) is 27.7 Å². The molecule has 0 saturated heterocycles. The normalized spacial score (nSPS) is 10.5. The highest BCUT2D eigenvalue weighted by Crippen LogP contribution is 2.29. The summed E-state index contributed by atoms with van der Waals surface area (Å²) in [4.78, 5) is 16.2. The quantitative estimate of drug-likeness (QED) is 0.690. The van der Waals surface area contributed by atoms with E-state index in [4.69, 9.17) is 21.3 Å². The van der Waals surface area contributed by atoms with E-state index < -0.39 is 0 Å². The van der Waals surface area contributed by atoms with Crippen molar-refractivity contribution in [2.24, 2.45) is 0 Å². The summed E-state index contributed by atoms with van der Waals surface area (Å²) in [5.41, 5.74) is 3.64. The van der Waals surface area contributed by atoms with Crippen LogP contribution < -0.4 is 5.32 Å². The second kappa shape index (κ2) is 6.95. The molecule has 0 unspecified atom stereocenters. The molecule has 0 aliphatic carbocycles. The van der Waals surface area contributed by atoms with Crippen molar-refractivity contribution in [3.8, 4) is 16.9 Å². The molecule has 5 nitrogen and oxygen atoms in total. The summed E-state index contributed by atoms with van der Waals surface area (Å²) >= 11 is 6.86. The van der Waals surface area contributed by atoms with Gasteiger partial charge in [0.1, 0.15) is 10.9 Å². The lowest BCUT2D eigenvalue weighted by Crippen LogP contribution is -2.14. The Morgan fingerprint density at radius 3 is 3.00 bits per heavy atom. The van der Waals surface area contributed by atoms with Crippen molar-refractivity contribution >= 4 is 46.1 Å². The zero-order chi connectivity index (χ0) is 17.1. The van der Waals surface area contributed by atoms with Gasteiger partial charge in [0.2, 0.25) is 11.8 Å². The first kappa shape index (κ1) is 16.4. The van der Waals surface area contributed by atoms with Gasteiger partial charge in [-0.2, -0.15) is 5.26 Å². The summed E-state index contributed by atoms with van der Waals surface area (Å²) in [5, 5.41) is 13.8. The number of fused-ring (bicyclic) bond motifs is 1. The van der Waals surface area contributed by atoms with Crippen LogP contribution in [0.3, 0.4) is 0 Å². The fourth-order valence-corrected chi connectivity index (χ4v) is 2.63. The molecule has 0 saturated carbocycles. The van der Waals surface area contributed by atoms with Crippen LogP contribution in [-0.4, -0.2) is 16.6 Å². The Kier molecular flexibility index (Phi) is 4.74. The molecule has 1 N–H and O–H groups in total. The van der Waals surface area contributed by atoms with Crippen LogP contribution >= 0.6 is 23.4 Å². The molecular weight excluding hydrogens is 346 g/mol. The molecule has 24 heavy (non-hydrogen) atoms. The summed E-state index contributed by atoms with van der Waals surface area (Å²) < 4.78 is 5.74. The van der Waals surface area contributed by atoms with Crippen molar-refractivity contribution in [3.63, 3.8) is 0 Å². The van der Waals surface area contributed by atoms with Gasteiger partial charge >= 0.3 is 0 Å². The Hall–Kier alpha value is -2.49. The van der Waals surface area contributed by atoms with E-state index in [1.54, 1.807) is 24.3 Å². The number of amides is 1. The number of benzene rings is 2. The fourth-order valence-electron chi connectivity index (χ4n) is 2.20. The van der Waals surface area contributed by atoms with Crippen molar-refractivity contribution in [2.75, 3.05) is 11.1 Å². The van der Waals surface area contributed by atoms with Crippen molar-refractivity contribution < 1.29 is 9.21 Å². The number of thioether (sulfide) groups is 1. The standard InChI is InChI=1S/C17H12ClN3O2S/c1-10-2-3-11(6-13(10)20-16(22)8-24-9-19)17-21-14-7-12(18)4-5-15(14)23-17/h2-7H,8H2,1H3,(H,20,22). The molecular formula is C17H12ClN3O2S. The lowest BCUT2D eigenvalue weighted by Gasteiger charge is -2.08. The van der Waals surface area contributed by atoms with Crippen LogP contribution in [0.1, 0.15) is 5.56 Å². The Bertz CT molecular complexity index is 962. The molecule has 0 atom stereocenters. The molecule has 0 aliphatic rings. The Morgan fingerprint density at radius 2 is 2.21 bits per heavy atom. The molecule has 1 heterocycles. The number of rotatable bonds is 4. The third kappa shape index (κ3) is 3.53. The van der Waals surface area contributed by atoms with E-state index in [9.17, 15) is 4.79 Å². The van der Waals surface area contributed by atoms with E-state index in [1.165, 1.54) is 0 Å². The first-order chi connectivity index (χ1) is 11.6. The number of oxazole rings is 1. The van der Waals surface area contributed by atoms with Crippen LogP contribution in [0, 0.1) is 17.6 Å². The van der Waals surface area contributed by atoms with Crippen LogP contribution in [0.4, 0.5) is 5.69 Å². The van der Waals surface area contributed by atoms with E-state index in [1.807, 2.05) is 24.5 Å². The van der Waals surface area contributed by atoms with Crippen LogP contribution in [-0.2, 0) is 4.79 Å². The third-order valence-corrected chi connectivity index (χ3v) is 4.15. The van der Waals surface area contributed by atoms with Crippen molar-refractivity contribution in [1.29, 1.82) is 5.26 Å². The number of nitrogens with one attached hydrogen (secondary N) is 1. The zero-order valence-electron chi connectivity index (χ0n) is 12.7. The number of halogens is 1. The minimum absolute atomic E-state index is 0.0849. The van der Waals surface area contributed by atoms with Gasteiger partial charge in [-0.3, -0.25) is 4.79 Å². The highest BCUT2D eigenvalue weighted by atomic mass is 35.5. The lowest BCUT2D eigenvalue weighted by molar-refractivity contribution is -0.113. The number of thiocyanates is 1. The highest BCUT2D eigenvalue weighted by Gasteiger charge is 2.12. The molecule has 0 aliphatic heterocycles. The smallest absolute Gasteiger partial charge is 0.235 e. The zero-order valence-corrected chi connectivity index (χ0v) is 14.2. The van der Waals surface area contributed by atoms with Crippen molar-refractivity contribution in [2.45, 2.75) is 6.92 Å². The maximum atomic E-state index is 11.8. The van der Waals surface area contributed by atoms with Gasteiger partial charge in [-0.25, -0.2) is 4.98 Å². The summed E-state index contributed by atoms with van der Waals surface area (Å²) in [6, 6.07) is 10.8. The number of hydrogen-bond acceptors (Lipinski definition) is 5. The van der Waals surface area contributed by atoms with Gasteiger partial charge < -0.3 is 9.73 Å². The molecule has 2 aromatic carbocycles. The number of hydrogen-bond donors (Lipinski definition) is 1. The number of nitrogens with zero attached hydrogens (tertiary/aromatic N) is 2. The average molecular weight is 358 g/mol. The maximum Gasteiger partial charge on any atom is 0.235 e. The van der Waals surface area contributed by atoms with Gasteiger partial charge in [-0.15, -0.1) is 0 Å². The van der Waals surface area contributed by atoms with Crippen LogP contribution in [0.25, 0.3) is 22.6 Å². The Labute approximate surface area is 147 Å². The lowest BCUT2D eigenvalue weighted by atomic mass is 10.1. The summed E-state index contributed by atoms with van der Waals surface area (Å²) in [7, 11) is 0. The number of carbonyl (C=O) groups excluding carboxylic acids is 1. The van der Waals surface area contributed by atoms with E-state index >= 15 is 0 Å². The van der Waals surface area contributed by atoms with E-state index in [0.717, 1.165) is 22.9 Å². The number of aromatic nitrogens is 1. The van der Waals surface area contributed by atoms with Crippen LogP contribution in [0.15, 0.2) is 40.8 Å². The molecule has 3 aromatic rings. The Morgan fingerprint density at radius 1 is 1.38 bits per heavy atom. The van der Waals surface area contributed by atoms with Crippen LogP contribution in [0.5, 0.6) is 0 Å². The van der Waals surface area contributed by atoms with E-state index in [-0.39, 0.29) is 11.7 Å². The fraction of sp³-hybridized carbons (Fsp3) is 0.118. The SMILES string of the molecule is Cc1ccc(-c2nc3cc(Cl)ccc3o2)cc1NC(=O)CSC#N. The predicted octanol–water partition coefficient (Wildman–Crippen LogP) is 4.61. The van der Waals surface area contributed by atoms with Gasteiger partial charge in [-0.05, 0) is 54.6 Å². The second-order valence-electron chi connectivity index (χ2n) is 5.09. The van der Waals surface area contributed by atoms with Gasteiger partial charge in [-0.1, -0.05) is 17.7 Å². The topological polar surface area (TPSA) is 78.9 Å². The first-order valence-corrected chi connectivity index (χ1v) is 8.41. The Balaban J connectivity index is 1.92.